The molecule has 0 heterocycles. The van der Waals surface area contributed by atoms with Crippen LogP contribution in [0, 0.1) is 5.21 Å². The molecule has 0 rings (SSSR count). The lowest BCUT2D eigenvalue weighted by Crippen LogP contribution is -2.18. The van der Waals surface area contributed by atoms with Gasteiger partial charge in [-0.1, -0.05) is 0 Å². The highest BCUT2D eigenvalue weighted by molar-refractivity contribution is 5.53. The Morgan fingerprint density at radius 1 is 1.75 bits per heavy atom. The SMILES string of the molecule is CC(C)/[N+]([O-])=C/CN. The zero-order chi connectivity index (χ0) is 6.57. The molecule has 0 aromatic carbocycles. The van der Waals surface area contributed by atoms with Crippen LogP contribution in [0.15, 0.2) is 0 Å². The van der Waals surface area contributed by atoms with Crippen molar-refractivity contribution >= 4 is 6.21 Å². The molecule has 0 aromatic heterocycles. The predicted molar refractivity (Wildman–Crippen MR) is 33.9 cm³/mol. The number of hydrogen-bond acceptors (Lipinski definition) is 2. The standard InChI is InChI=1S/C5H12N2O/c1-5(2)7(8)4-3-6/h4-5H,3,6H2,1-2H3/b7-4-. The van der Waals surface area contributed by atoms with E-state index in [1.165, 1.54) is 6.21 Å². The van der Waals surface area contributed by atoms with E-state index in [0.29, 0.717) is 6.54 Å². The number of hydrogen-bond donors (Lipinski definition) is 1. The van der Waals surface area contributed by atoms with E-state index in [-0.39, 0.29) is 6.04 Å². The van der Waals surface area contributed by atoms with Crippen LogP contribution in [0.25, 0.3) is 0 Å². The fourth-order valence-corrected chi connectivity index (χ4v) is 0.315. The number of nitrogens with two attached hydrogens (primary N) is 1. The van der Waals surface area contributed by atoms with Crippen LogP contribution >= 0.6 is 0 Å². The van der Waals surface area contributed by atoms with Crippen LogP contribution in [-0.2, 0) is 0 Å². The smallest absolute Gasteiger partial charge is 0.164 e. The van der Waals surface area contributed by atoms with E-state index in [1.54, 1.807) is 0 Å². The third kappa shape index (κ3) is 2.58. The summed E-state index contributed by atoms with van der Waals surface area (Å²) < 4.78 is 0.847. The molecule has 2 N–H and O–H groups in total. The lowest BCUT2D eigenvalue weighted by Gasteiger charge is -2.05. The molecule has 0 atom stereocenters. The minimum atomic E-state index is 0.0125. The molecule has 0 aliphatic carbocycles. The van der Waals surface area contributed by atoms with E-state index in [2.05, 4.69) is 0 Å². The van der Waals surface area contributed by atoms with Crippen LogP contribution in [0.5, 0.6) is 0 Å². The molecular weight excluding hydrogens is 104 g/mol. The molecule has 48 valence electrons. The summed E-state index contributed by atoms with van der Waals surface area (Å²) >= 11 is 0. The Balaban J connectivity index is 3.61. The van der Waals surface area contributed by atoms with Crippen molar-refractivity contribution in [3.8, 4) is 0 Å². The topological polar surface area (TPSA) is 52.1 Å². The van der Waals surface area contributed by atoms with E-state index in [4.69, 9.17) is 5.73 Å². The van der Waals surface area contributed by atoms with Gasteiger partial charge in [0.2, 0.25) is 0 Å². The molecule has 8 heavy (non-hydrogen) atoms. The van der Waals surface area contributed by atoms with E-state index in [1.807, 2.05) is 13.8 Å². The third-order valence-corrected chi connectivity index (χ3v) is 0.794. The molecule has 0 aromatic rings. The molecule has 0 fully saturated rings. The van der Waals surface area contributed by atoms with Gasteiger partial charge in [0.1, 0.15) is 0 Å². The van der Waals surface area contributed by atoms with Crippen molar-refractivity contribution in [1.29, 1.82) is 0 Å². The van der Waals surface area contributed by atoms with Gasteiger partial charge in [-0.05, 0) is 13.8 Å². The summed E-state index contributed by atoms with van der Waals surface area (Å²) in [6.45, 7) is 3.96. The van der Waals surface area contributed by atoms with Gasteiger partial charge in [-0.2, -0.15) is 0 Å². The van der Waals surface area contributed by atoms with E-state index >= 15 is 0 Å². The van der Waals surface area contributed by atoms with Gasteiger partial charge in [-0.25, -0.2) is 4.74 Å². The molecule has 0 spiro atoms. The van der Waals surface area contributed by atoms with Gasteiger partial charge >= 0.3 is 0 Å². The van der Waals surface area contributed by atoms with E-state index in [9.17, 15) is 5.21 Å². The van der Waals surface area contributed by atoms with Crippen molar-refractivity contribution in [2.75, 3.05) is 6.54 Å². The van der Waals surface area contributed by atoms with E-state index < -0.39 is 0 Å². The molecule has 0 saturated heterocycles. The van der Waals surface area contributed by atoms with Gasteiger partial charge in [0.15, 0.2) is 12.3 Å². The monoisotopic (exact) mass is 116 g/mol. The molecular formula is C5H12N2O. The van der Waals surface area contributed by atoms with Gasteiger partial charge in [0, 0.05) is 0 Å². The highest BCUT2D eigenvalue weighted by Crippen LogP contribution is 1.81. The second-order valence-corrected chi connectivity index (χ2v) is 1.87. The largest absolute Gasteiger partial charge is 0.624 e. The quantitative estimate of drug-likeness (QED) is 0.238. The van der Waals surface area contributed by atoms with Crippen LogP contribution < -0.4 is 5.73 Å². The summed E-state index contributed by atoms with van der Waals surface area (Å²) in [4.78, 5) is 0. The average molecular weight is 116 g/mol. The molecule has 0 amide bonds. The maximum Gasteiger partial charge on any atom is 0.164 e. The van der Waals surface area contributed by atoms with Crippen molar-refractivity contribution in [3.05, 3.63) is 5.21 Å². The molecule has 0 radical (unpaired) electrons. The van der Waals surface area contributed by atoms with Crippen molar-refractivity contribution in [1.82, 2.24) is 0 Å². The average Bonchev–Trinajstić information content (AvgIpc) is 1.67. The van der Waals surface area contributed by atoms with Gasteiger partial charge in [0.25, 0.3) is 0 Å². The number of rotatable bonds is 2. The van der Waals surface area contributed by atoms with Gasteiger partial charge in [0.05, 0.1) is 6.54 Å². The molecule has 3 heteroatoms. The zero-order valence-electron chi connectivity index (χ0n) is 5.29. The minimum Gasteiger partial charge on any atom is -0.624 e. The summed E-state index contributed by atoms with van der Waals surface area (Å²) in [5.41, 5.74) is 5.07. The summed E-state index contributed by atoms with van der Waals surface area (Å²) in [6.07, 6.45) is 1.42. The third-order valence-electron chi connectivity index (χ3n) is 0.794. The minimum absolute atomic E-state index is 0.0125. The Hall–Kier alpha value is -0.570. The van der Waals surface area contributed by atoms with Gasteiger partial charge in [-0.3, -0.25) is 0 Å². The molecule has 0 aliphatic heterocycles. The fraction of sp³-hybridized carbons (Fsp3) is 0.800. The Labute approximate surface area is 49.4 Å². The summed E-state index contributed by atoms with van der Waals surface area (Å²) in [7, 11) is 0. The molecule has 3 nitrogen and oxygen atoms in total. The maximum atomic E-state index is 10.5. The second kappa shape index (κ2) is 3.43. The van der Waals surface area contributed by atoms with Crippen LogP contribution in [-0.4, -0.2) is 23.5 Å². The lowest BCUT2D eigenvalue weighted by atomic mass is 10.4. The molecule has 0 bridgehead atoms. The Bertz CT molecular complexity index is 88.4. The number of nitrogens with zero attached hydrogens (tertiary/aromatic N) is 1. The maximum absolute atomic E-state index is 10.5. The highest BCUT2D eigenvalue weighted by Gasteiger charge is 1.95. The van der Waals surface area contributed by atoms with Crippen LogP contribution in [0.4, 0.5) is 0 Å². The Morgan fingerprint density at radius 3 is 2.38 bits per heavy atom. The fourth-order valence-electron chi connectivity index (χ4n) is 0.315. The highest BCUT2D eigenvalue weighted by atomic mass is 16.5. The Kier molecular flexibility index (Phi) is 3.19. The summed E-state index contributed by atoms with van der Waals surface area (Å²) in [5, 5.41) is 10.5. The van der Waals surface area contributed by atoms with E-state index in [0.717, 1.165) is 4.74 Å². The van der Waals surface area contributed by atoms with Crippen LogP contribution in [0.3, 0.4) is 0 Å². The van der Waals surface area contributed by atoms with Crippen LogP contribution in [0.2, 0.25) is 0 Å². The predicted octanol–water partition coefficient (Wildman–Crippen LogP) is -0.0654. The molecule has 0 aliphatic rings. The van der Waals surface area contributed by atoms with Crippen molar-refractivity contribution in [3.63, 3.8) is 0 Å². The van der Waals surface area contributed by atoms with Gasteiger partial charge in [-0.15, -0.1) is 0 Å². The van der Waals surface area contributed by atoms with Crippen molar-refractivity contribution in [2.45, 2.75) is 19.9 Å². The van der Waals surface area contributed by atoms with Gasteiger partial charge < -0.3 is 10.9 Å². The first kappa shape index (κ1) is 7.43. The Morgan fingerprint density at radius 2 is 2.25 bits per heavy atom. The second-order valence-electron chi connectivity index (χ2n) is 1.87. The first-order chi connectivity index (χ1) is 3.68. The first-order valence-corrected chi connectivity index (χ1v) is 2.67. The summed E-state index contributed by atoms with van der Waals surface area (Å²) in [5.74, 6) is 0. The zero-order valence-corrected chi connectivity index (χ0v) is 5.29. The van der Waals surface area contributed by atoms with Crippen molar-refractivity contribution in [2.24, 2.45) is 5.73 Å². The normalized spacial score (nSPS) is 12.8. The van der Waals surface area contributed by atoms with Crippen LogP contribution in [0.1, 0.15) is 13.8 Å². The molecule has 0 saturated carbocycles. The lowest BCUT2D eigenvalue weighted by molar-refractivity contribution is -0.488. The first-order valence-electron chi connectivity index (χ1n) is 2.67. The summed E-state index contributed by atoms with van der Waals surface area (Å²) in [6, 6.07) is 0.0125. The molecule has 0 unspecified atom stereocenters. The number of hydroxylamine groups is 1. The van der Waals surface area contributed by atoms with Crippen molar-refractivity contribution < 1.29 is 4.74 Å².